The van der Waals surface area contributed by atoms with E-state index in [9.17, 15) is 14.4 Å². The van der Waals surface area contributed by atoms with Gasteiger partial charge in [-0.1, -0.05) is 18.2 Å². The van der Waals surface area contributed by atoms with E-state index in [4.69, 9.17) is 0 Å². The number of nitrogens with one attached hydrogen (secondary N) is 1. The van der Waals surface area contributed by atoms with Crippen LogP contribution in [0.1, 0.15) is 18.0 Å². The van der Waals surface area contributed by atoms with Crippen molar-refractivity contribution in [1.82, 2.24) is 4.90 Å². The van der Waals surface area contributed by atoms with Crippen molar-refractivity contribution in [3.8, 4) is 0 Å². The molecule has 21 heavy (non-hydrogen) atoms. The first-order valence-corrected chi connectivity index (χ1v) is 6.37. The van der Waals surface area contributed by atoms with Crippen molar-refractivity contribution in [2.75, 3.05) is 26.1 Å². The molecular weight excluding hydrogens is 276 g/mol. The number of amides is 2. The number of para-hydroxylation sites is 1. The van der Waals surface area contributed by atoms with Gasteiger partial charge in [-0.05, 0) is 11.6 Å². The van der Waals surface area contributed by atoms with Gasteiger partial charge in [0.1, 0.15) is 6.54 Å². The Labute approximate surface area is 121 Å². The fraction of sp³-hybridized carbons (Fsp3) is 0.357. The lowest BCUT2D eigenvalue weighted by Gasteiger charge is -2.36. The van der Waals surface area contributed by atoms with Crippen LogP contribution >= 0.6 is 0 Å². The van der Waals surface area contributed by atoms with Gasteiger partial charge in [-0.15, -0.1) is 0 Å². The number of benzene rings is 1. The molecule has 0 saturated heterocycles. The van der Waals surface area contributed by atoms with Crippen molar-refractivity contribution in [2.24, 2.45) is 0 Å². The first-order valence-electron chi connectivity index (χ1n) is 6.37. The maximum absolute atomic E-state index is 12.1. The molecule has 1 aromatic rings. The minimum Gasteiger partial charge on any atom is -0.469 e. The van der Waals surface area contributed by atoms with Crippen LogP contribution in [0.5, 0.6) is 0 Å². The number of methoxy groups -OCH3 is 2. The van der Waals surface area contributed by atoms with E-state index in [-0.39, 0.29) is 13.0 Å². The van der Waals surface area contributed by atoms with Gasteiger partial charge in [0.2, 0.25) is 0 Å². The largest absolute Gasteiger partial charge is 0.469 e. The van der Waals surface area contributed by atoms with Crippen LogP contribution < -0.4 is 5.32 Å². The van der Waals surface area contributed by atoms with Gasteiger partial charge in [-0.3, -0.25) is 9.59 Å². The molecule has 1 aliphatic rings. The highest BCUT2D eigenvalue weighted by Crippen LogP contribution is 2.35. The summed E-state index contributed by atoms with van der Waals surface area (Å²) in [5.74, 6) is -1.02. The van der Waals surface area contributed by atoms with E-state index in [0.717, 1.165) is 5.56 Å². The first kappa shape index (κ1) is 14.8. The number of esters is 2. The van der Waals surface area contributed by atoms with Crippen LogP contribution in [0.25, 0.3) is 0 Å². The normalized spacial score (nSPS) is 16.8. The molecular formula is C14H16N2O5. The summed E-state index contributed by atoms with van der Waals surface area (Å²) in [5.41, 5.74) is 1.38. The molecule has 0 aliphatic carbocycles. The summed E-state index contributed by atoms with van der Waals surface area (Å²) >= 11 is 0. The van der Waals surface area contributed by atoms with Crippen LogP contribution in [0.15, 0.2) is 24.3 Å². The van der Waals surface area contributed by atoms with Gasteiger partial charge in [0.15, 0.2) is 0 Å². The third kappa shape index (κ3) is 3.13. The van der Waals surface area contributed by atoms with Gasteiger partial charge in [0, 0.05) is 5.69 Å². The Morgan fingerprint density at radius 2 is 1.86 bits per heavy atom. The predicted octanol–water partition coefficient (Wildman–Crippen LogP) is 1.31. The topological polar surface area (TPSA) is 84.9 Å². The highest BCUT2D eigenvalue weighted by atomic mass is 16.5. The molecule has 0 bridgehead atoms. The Morgan fingerprint density at radius 1 is 1.19 bits per heavy atom. The summed E-state index contributed by atoms with van der Waals surface area (Å²) in [5, 5.41) is 2.69. The van der Waals surface area contributed by atoms with Crippen LogP contribution in [-0.2, 0) is 19.1 Å². The quantitative estimate of drug-likeness (QED) is 0.846. The van der Waals surface area contributed by atoms with E-state index >= 15 is 0 Å². The molecule has 2 amide bonds. The third-order valence-corrected chi connectivity index (χ3v) is 3.31. The molecule has 1 unspecified atom stereocenters. The average Bonchev–Trinajstić information content (AvgIpc) is 2.50. The Bertz CT molecular complexity index is 572. The molecule has 0 spiro atoms. The van der Waals surface area contributed by atoms with E-state index in [1.807, 2.05) is 0 Å². The zero-order valence-electron chi connectivity index (χ0n) is 11.8. The summed E-state index contributed by atoms with van der Waals surface area (Å²) in [6.45, 7) is -0.238. The second-order valence-electron chi connectivity index (χ2n) is 4.52. The molecule has 1 N–H and O–H groups in total. The number of hydrogen-bond donors (Lipinski definition) is 1. The van der Waals surface area contributed by atoms with Gasteiger partial charge in [0.25, 0.3) is 0 Å². The van der Waals surface area contributed by atoms with Crippen LogP contribution in [0.4, 0.5) is 10.5 Å². The smallest absolute Gasteiger partial charge is 0.325 e. The van der Waals surface area contributed by atoms with Crippen molar-refractivity contribution in [2.45, 2.75) is 12.5 Å². The molecule has 1 aliphatic heterocycles. The average molecular weight is 292 g/mol. The van der Waals surface area contributed by atoms with Crippen LogP contribution in [0.2, 0.25) is 0 Å². The highest BCUT2D eigenvalue weighted by Gasteiger charge is 2.35. The van der Waals surface area contributed by atoms with Crippen LogP contribution in [0.3, 0.4) is 0 Å². The van der Waals surface area contributed by atoms with Crippen molar-refractivity contribution in [3.63, 3.8) is 0 Å². The SMILES string of the molecule is COC(=O)CC1c2ccccc2NC(=O)N1CC(=O)OC. The molecule has 0 fully saturated rings. The lowest BCUT2D eigenvalue weighted by molar-refractivity contribution is -0.145. The van der Waals surface area contributed by atoms with Crippen molar-refractivity contribution in [1.29, 1.82) is 0 Å². The second-order valence-corrected chi connectivity index (χ2v) is 4.52. The van der Waals surface area contributed by atoms with E-state index < -0.39 is 24.0 Å². The maximum Gasteiger partial charge on any atom is 0.325 e. The number of hydrogen-bond acceptors (Lipinski definition) is 5. The number of fused-ring (bicyclic) bond motifs is 1. The number of ether oxygens (including phenoxy) is 2. The fourth-order valence-electron chi connectivity index (χ4n) is 2.24. The molecule has 1 atom stereocenters. The summed E-state index contributed by atoms with van der Waals surface area (Å²) in [6, 6.07) is 6.11. The summed E-state index contributed by atoms with van der Waals surface area (Å²) < 4.78 is 9.26. The van der Waals surface area contributed by atoms with Gasteiger partial charge >= 0.3 is 18.0 Å². The van der Waals surface area contributed by atoms with Crippen molar-refractivity contribution < 1.29 is 23.9 Å². The molecule has 1 aromatic carbocycles. The number of carbonyl (C=O) groups is 3. The lowest BCUT2D eigenvalue weighted by atomic mass is 9.98. The maximum atomic E-state index is 12.1. The monoisotopic (exact) mass is 292 g/mol. The Kier molecular flexibility index (Phi) is 4.42. The number of carbonyl (C=O) groups excluding carboxylic acids is 3. The predicted molar refractivity (Wildman–Crippen MR) is 73.6 cm³/mol. The van der Waals surface area contributed by atoms with Gasteiger partial charge < -0.3 is 19.7 Å². The molecule has 1 heterocycles. The summed E-state index contributed by atoms with van der Waals surface area (Å²) in [6.07, 6.45) is -0.0298. The zero-order valence-corrected chi connectivity index (χ0v) is 11.8. The van der Waals surface area contributed by atoms with Crippen LogP contribution in [0, 0.1) is 0 Å². The number of nitrogens with zero attached hydrogens (tertiary/aromatic N) is 1. The minimum atomic E-state index is -0.568. The van der Waals surface area contributed by atoms with E-state index in [0.29, 0.717) is 5.69 Å². The fourth-order valence-corrected chi connectivity index (χ4v) is 2.24. The van der Waals surface area contributed by atoms with Crippen molar-refractivity contribution in [3.05, 3.63) is 29.8 Å². The summed E-state index contributed by atoms with van der Waals surface area (Å²) in [4.78, 5) is 36.5. The lowest BCUT2D eigenvalue weighted by Crippen LogP contribution is -2.45. The number of anilines is 1. The van der Waals surface area contributed by atoms with E-state index in [2.05, 4.69) is 14.8 Å². The number of rotatable bonds is 4. The Hall–Kier alpha value is -2.57. The molecule has 7 nitrogen and oxygen atoms in total. The summed E-state index contributed by atoms with van der Waals surface area (Å²) in [7, 11) is 2.52. The molecule has 7 heteroatoms. The zero-order chi connectivity index (χ0) is 15.4. The molecule has 0 radical (unpaired) electrons. The van der Waals surface area contributed by atoms with Gasteiger partial charge in [-0.2, -0.15) is 0 Å². The third-order valence-electron chi connectivity index (χ3n) is 3.31. The Balaban J connectivity index is 2.35. The molecule has 0 saturated carbocycles. The highest BCUT2D eigenvalue weighted by molar-refractivity contribution is 5.95. The molecule has 2 rings (SSSR count). The standard InChI is InChI=1S/C14H16N2O5/c1-20-12(17)7-11-9-5-3-4-6-10(9)15-14(19)16(11)8-13(18)21-2/h3-6,11H,7-8H2,1-2H3,(H,15,19). The van der Waals surface area contributed by atoms with Crippen LogP contribution in [-0.4, -0.2) is 43.6 Å². The first-order chi connectivity index (χ1) is 10.1. The molecule has 112 valence electrons. The number of urea groups is 1. The van der Waals surface area contributed by atoms with E-state index in [1.54, 1.807) is 24.3 Å². The van der Waals surface area contributed by atoms with Gasteiger partial charge in [-0.25, -0.2) is 4.79 Å². The minimum absolute atomic E-state index is 0.0298. The van der Waals surface area contributed by atoms with Gasteiger partial charge in [0.05, 0.1) is 26.7 Å². The van der Waals surface area contributed by atoms with E-state index in [1.165, 1.54) is 19.1 Å². The Morgan fingerprint density at radius 3 is 2.52 bits per heavy atom. The second kappa shape index (κ2) is 6.25. The molecule has 0 aromatic heterocycles. The van der Waals surface area contributed by atoms with Crippen molar-refractivity contribution >= 4 is 23.7 Å².